The van der Waals surface area contributed by atoms with Gasteiger partial charge in [-0.1, -0.05) is 29.8 Å². The van der Waals surface area contributed by atoms with E-state index in [1.807, 2.05) is 24.3 Å². The summed E-state index contributed by atoms with van der Waals surface area (Å²) >= 11 is 5.84. The fraction of sp³-hybridized carbons (Fsp3) is 0.150. The molecule has 1 N–H and O–H groups in total. The van der Waals surface area contributed by atoms with E-state index < -0.39 is 18.3 Å². The van der Waals surface area contributed by atoms with Gasteiger partial charge in [0, 0.05) is 12.1 Å². The van der Waals surface area contributed by atoms with Crippen molar-refractivity contribution in [2.75, 3.05) is 13.2 Å². The molecule has 3 rings (SSSR count). The lowest BCUT2D eigenvalue weighted by Crippen LogP contribution is -2.17. The molecule has 0 fully saturated rings. The van der Waals surface area contributed by atoms with E-state index in [1.165, 1.54) is 0 Å². The molecule has 1 heterocycles. The van der Waals surface area contributed by atoms with E-state index in [0.717, 1.165) is 5.52 Å². The first kappa shape index (κ1) is 19.3. The van der Waals surface area contributed by atoms with Gasteiger partial charge in [-0.3, -0.25) is 0 Å². The fourth-order valence-electron chi connectivity index (χ4n) is 2.57. The number of rotatable bonds is 6. The number of hydrogen-bond donors (Lipinski definition) is 1. The minimum absolute atomic E-state index is 0.0674. The number of halogens is 1. The van der Waals surface area contributed by atoms with Crippen LogP contribution >= 0.6 is 11.6 Å². The monoisotopic (exact) mass is 397 g/mol. The molecule has 0 saturated carbocycles. The molecule has 0 saturated heterocycles. The van der Waals surface area contributed by atoms with Crippen molar-refractivity contribution in [3.05, 3.63) is 65.1 Å². The quantitative estimate of drug-likeness (QED) is 0.387. The van der Waals surface area contributed by atoms with Crippen molar-refractivity contribution in [2.24, 2.45) is 7.05 Å². The molecule has 0 bridgehead atoms. The van der Waals surface area contributed by atoms with Crippen LogP contribution in [0, 0.1) is 11.3 Å². The van der Waals surface area contributed by atoms with Gasteiger partial charge in [0.15, 0.2) is 18.2 Å². The average molecular weight is 398 g/mol. The molecule has 0 aliphatic heterocycles. The number of carbonyl (C=O) groups is 1. The Labute approximate surface area is 166 Å². The van der Waals surface area contributed by atoms with Crippen molar-refractivity contribution < 1.29 is 19.4 Å². The largest absolute Gasteiger partial charge is 0.507 e. The Morgan fingerprint density at radius 2 is 2.04 bits per heavy atom. The molecule has 0 aliphatic carbocycles. The Morgan fingerprint density at radius 3 is 2.75 bits per heavy atom. The Bertz CT molecular complexity index is 1100. The molecular formula is C20H16ClN3O4. The molecule has 0 unspecified atom stereocenters. The van der Waals surface area contributed by atoms with E-state index in [-0.39, 0.29) is 18.0 Å². The summed E-state index contributed by atoms with van der Waals surface area (Å²) in [7, 11) is 1.74. The van der Waals surface area contributed by atoms with E-state index in [1.54, 1.807) is 41.9 Å². The minimum atomic E-state index is -0.700. The van der Waals surface area contributed by atoms with Crippen molar-refractivity contribution in [3.8, 4) is 11.8 Å². The summed E-state index contributed by atoms with van der Waals surface area (Å²) in [6.07, 6.45) is 0. The Balaban J connectivity index is 1.68. The number of nitrogens with zero attached hydrogens (tertiary/aromatic N) is 3. The van der Waals surface area contributed by atoms with Crippen LogP contribution in [-0.2, 0) is 16.6 Å². The topological polar surface area (TPSA) is 97.4 Å². The fourth-order valence-corrected chi connectivity index (χ4v) is 2.75. The number of aliphatic hydroxyl groups excluding tert-OH is 1. The van der Waals surface area contributed by atoms with Crippen molar-refractivity contribution in [3.63, 3.8) is 0 Å². The van der Waals surface area contributed by atoms with E-state index in [4.69, 9.17) is 21.1 Å². The Kier molecular flexibility index (Phi) is 5.82. The number of hydrogen-bond acceptors (Lipinski definition) is 6. The van der Waals surface area contributed by atoms with Gasteiger partial charge in [-0.15, -0.1) is 0 Å². The first-order chi connectivity index (χ1) is 13.5. The van der Waals surface area contributed by atoms with E-state index in [2.05, 4.69) is 4.98 Å². The van der Waals surface area contributed by atoms with Crippen LogP contribution < -0.4 is 4.74 Å². The Hall–Kier alpha value is -3.50. The summed E-state index contributed by atoms with van der Waals surface area (Å²) < 4.78 is 11.9. The number of allylic oxidation sites excluding steroid dienone is 1. The SMILES string of the molecule is Cn1c(/C(C#N)=C(\O)COC(=O)COc2cccc(Cl)c2)nc2ccccc21. The first-order valence-corrected chi connectivity index (χ1v) is 8.65. The molecular weight excluding hydrogens is 382 g/mol. The number of fused-ring (bicyclic) bond motifs is 1. The van der Waals surface area contributed by atoms with Crippen LogP contribution in [0.4, 0.5) is 0 Å². The normalized spacial score (nSPS) is 11.6. The summed E-state index contributed by atoms with van der Waals surface area (Å²) in [5, 5.41) is 20.2. The van der Waals surface area contributed by atoms with Crippen molar-refractivity contribution in [1.82, 2.24) is 9.55 Å². The number of imidazole rings is 1. The summed E-state index contributed by atoms with van der Waals surface area (Å²) in [6, 6.07) is 15.8. The van der Waals surface area contributed by atoms with Gasteiger partial charge in [0.2, 0.25) is 0 Å². The van der Waals surface area contributed by atoms with Gasteiger partial charge < -0.3 is 19.1 Å². The second-order valence-electron chi connectivity index (χ2n) is 5.82. The van der Waals surface area contributed by atoms with Gasteiger partial charge in [-0.05, 0) is 30.3 Å². The molecule has 28 heavy (non-hydrogen) atoms. The summed E-state index contributed by atoms with van der Waals surface area (Å²) in [5.41, 5.74) is 1.43. The summed E-state index contributed by atoms with van der Waals surface area (Å²) in [6.45, 7) is -0.828. The second kappa shape index (κ2) is 8.46. The van der Waals surface area contributed by atoms with Crippen LogP contribution in [0.5, 0.6) is 5.75 Å². The highest BCUT2D eigenvalue weighted by atomic mass is 35.5. The zero-order valence-electron chi connectivity index (χ0n) is 14.9. The third-order valence-corrected chi connectivity index (χ3v) is 4.17. The van der Waals surface area contributed by atoms with Gasteiger partial charge >= 0.3 is 5.97 Å². The maximum Gasteiger partial charge on any atom is 0.344 e. The van der Waals surface area contributed by atoms with Crippen molar-refractivity contribution in [1.29, 1.82) is 5.26 Å². The molecule has 0 amide bonds. The number of aliphatic hydroxyl groups is 1. The molecule has 142 valence electrons. The van der Waals surface area contributed by atoms with Gasteiger partial charge in [0.1, 0.15) is 24.0 Å². The highest BCUT2D eigenvalue weighted by Crippen LogP contribution is 2.22. The average Bonchev–Trinajstić information content (AvgIpc) is 3.02. The highest BCUT2D eigenvalue weighted by Gasteiger charge is 2.17. The number of aromatic nitrogens is 2. The maximum absolute atomic E-state index is 11.8. The number of esters is 1. The highest BCUT2D eigenvalue weighted by molar-refractivity contribution is 6.30. The third kappa shape index (κ3) is 4.24. The maximum atomic E-state index is 11.8. The molecule has 2 aromatic carbocycles. The van der Waals surface area contributed by atoms with Crippen LogP contribution in [0.25, 0.3) is 16.6 Å². The predicted octanol–water partition coefficient (Wildman–Crippen LogP) is 3.64. The number of nitriles is 1. The minimum Gasteiger partial charge on any atom is -0.507 e. The molecule has 7 nitrogen and oxygen atoms in total. The van der Waals surface area contributed by atoms with Crippen LogP contribution in [-0.4, -0.2) is 33.8 Å². The van der Waals surface area contributed by atoms with Crippen LogP contribution in [0.3, 0.4) is 0 Å². The first-order valence-electron chi connectivity index (χ1n) is 8.27. The molecule has 1 aromatic heterocycles. The second-order valence-corrected chi connectivity index (χ2v) is 6.26. The van der Waals surface area contributed by atoms with Crippen molar-refractivity contribution >= 4 is 34.2 Å². The lowest BCUT2D eigenvalue weighted by molar-refractivity contribution is -0.145. The number of aryl methyl sites for hydroxylation is 1. The van der Waals surface area contributed by atoms with Gasteiger partial charge in [-0.2, -0.15) is 5.26 Å². The molecule has 8 heteroatoms. The summed E-state index contributed by atoms with van der Waals surface area (Å²) in [4.78, 5) is 16.2. The number of ether oxygens (including phenoxy) is 2. The van der Waals surface area contributed by atoms with Gasteiger partial charge in [0.25, 0.3) is 0 Å². The number of benzene rings is 2. The van der Waals surface area contributed by atoms with Gasteiger partial charge in [0.05, 0.1) is 11.0 Å². The number of para-hydroxylation sites is 2. The molecule has 3 aromatic rings. The number of carbonyl (C=O) groups excluding carboxylic acids is 1. The molecule has 0 aliphatic rings. The third-order valence-electron chi connectivity index (χ3n) is 3.93. The van der Waals surface area contributed by atoms with E-state index in [9.17, 15) is 15.2 Å². The standard InChI is InChI=1S/C20H16ClN3O4/c1-24-17-8-3-2-7-16(17)23-20(24)15(10-22)18(25)11-28-19(26)12-27-14-6-4-5-13(21)9-14/h2-9,25H,11-12H2,1H3/b18-15-. The van der Waals surface area contributed by atoms with E-state index >= 15 is 0 Å². The van der Waals surface area contributed by atoms with Crippen molar-refractivity contribution in [2.45, 2.75) is 0 Å². The zero-order chi connectivity index (χ0) is 20.1. The van der Waals surface area contributed by atoms with Crippen LogP contribution in [0.15, 0.2) is 54.3 Å². The lowest BCUT2D eigenvalue weighted by atomic mass is 10.2. The van der Waals surface area contributed by atoms with Gasteiger partial charge in [-0.25, -0.2) is 9.78 Å². The Morgan fingerprint density at radius 1 is 1.25 bits per heavy atom. The predicted molar refractivity (Wildman–Crippen MR) is 104 cm³/mol. The lowest BCUT2D eigenvalue weighted by Gasteiger charge is -2.08. The van der Waals surface area contributed by atoms with Crippen LogP contribution in [0.2, 0.25) is 5.02 Å². The molecule has 0 radical (unpaired) electrons. The van der Waals surface area contributed by atoms with E-state index in [0.29, 0.717) is 16.3 Å². The van der Waals surface area contributed by atoms with Crippen LogP contribution in [0.1, 0.15) is 5.82 Å². The zero-order valence-corrected chi connectivity index (χ0v) is 15.7. The smallest absolute Gasteiger partial charge is 0.344 e. The molecule has 0 atom stereocenters. The molecule has 0 spiro atoms. The summed E-state index contributed by atoms with van der Waals surface area (Å²) in [5.74, 6) is -0.389.